The number of ether oxygens (including phenoxy) is 1. The molecule has 0 radical (unpaired) electrons. The number of hydrogen-bond acceptors (Lipinski definition) is 4. The molecule has 22 heavy (non-hydrogen) atoms. The van der Waals surface area contributed by atoms with E-state index in [0.29, 0.717) is 19.0 Å². The van der Waals surface area contributed by atoms with E-state index in [9.17, 15) is 13.2 Å². The van der Waals surface area contributed by atoms with E-state index >= 15 is 0 Å². The summed E-state index contributed by atoms with van der Waals surface area (Å²) in [4.78, 5) is 13.3. The van der Waals surface area contributed by atoms with Gasteiger partial charge in [-0.15, -0.1) is 0 Å². The molecule has 1 aromatic carbocycles. The van der Waals surface area contributed by atoms with Gasteiger partial charge in [0, 0.05) is 13.1 Å². The molecular weight excluding hydrogens is 306 g/mol. The Kier molecular flexibility index (Phi) is 4.49. The van der Waals surface area contributed by atoms with Crippen molar-refractivity contribution in [3.05, 3.63) is 29.8 Å². The standard InChI is InChI=1S/C15H21NO5S/c1-15(2,3)21-14(17)16-9-12(10-16)8-11-4-6-13(7-5-11)22(18,19)20/h4-7,12H,8-10H2,1-3H3,(H,18,19,20). The maximum absolute atomic E-state index is 11.8. The number of amides is 1. The third-order valence-electron chi connectivity index (χ3n) is 3.35. The van der Waals surface area contributed by atoms with Gasteiger partial charge in [0.25, 0.3) is 10.1 Å². The third-order valence-corrected chi connectivity index (χ3v) is 4.22. The van der Waals surface area contributed by atoms with Crippen LogP contribution in [-0.4, -0.2) is 42.7 Å². The number of benzene rings is 1. The van der Waals surface area contributed by atoms with Crippen molar-refractivity contribution in [1.82, 2.24) is 4.90 Å². The molecule has 1 heterocycles. The first-order valence-electron chi connectivity index (χ1n) is 7.09. The molecule has 1 saturated heterocycles. The average molecular weight is 327 g/mol. The van der Waals surface area contributed by atoms with Crippen molar-refractivity contribution in [2.75, 3.05) is 13.1 Å². The highest BCUT2D eigenvalue weighted by atomic mass is 32.2. The summed E-state index contributed by atoms with van der Waals surface area (Å²) in [7, 11) is -4.15. The van der Waals surface area contributed by atoms with Gasteiger partial charge in [-0.3, -0.25) is 4.55 Å². The summed E-state index contributed by atoms with van der Waals surface area (Å²) < 4.78 is 36.1. The first-order valence-corrected chi connectivity index (χ1v) is 8.53. The molecule has 0 atom stereocenters. The van der Waals surface area contributed by atoms with E-state index in [1.807, 2.05) is 20.8 Å². The minimum Gasteiger partial charge on any atom is -0.444 e. The first kappa shape index (κ1) is 16.8. The van der Waals surface area contributed by atoms with Crippen LogP contribution in [0.3, 0.4) is 0 Å². The fraction of sp³-hybridized carbons (Fsp3) is 0.533. The van der Waals surface area contributed by atoms with Gasteiger partial charge >= 0.3 is 6.09 Å². The maximum atomic E-state index is 11.8. The first-order chi connectivity index (χ1) is 10.0. The monoisotopic (exact) mass is 327 g/mol. The van der Waals surface area contributed by atoms with E-state index in [1.54, 1.807) is 17.0 Å². The van der Waals surface area contributed by atoms with Crippen LogP contribution < -0.4 is 0 Å². The number of carbonyl (C=O) groups is 1. The Balaban J connectivity index is 1.84. The normalized spacial score (nSPS) is 16.3. The molecule has 7 heteroatoms. The highest BCUT2D eigenvalue weighted by Crippen LogP contribution is 2.23. The summed E-state index contributed by atoms with van der Waals surface area (Å²) in [6.45, 7) is 6.76. The Morgan fingerprint density at radius 2 is 1.82 bits per heavy atom. The molecule has 0 spiro atoms. The fourth-order valence-electron chi connectivity index (χ4n) is 2.31. The summed E-state index contributed by atoms with van der Waals surface area (Å²) >= 11 is 0. The molecule has 1 aliphatic heterocycles. The van der Waals surface area contributed by atoms with Gasteiger partial charge in [0.1, 0.15) is 5.60 Å². The van der Waals surface area contributed by atoms with E-state index < -0.39 is 15.7 Å². The SMILES string of the molecule is CC(C)(C)OC(=O)N1CC(Cc2ccc(S(=O)(=O)O)cc2)C1. The van der Waals surface area contributed by atoms with Crippen molar-refractivity contribution >= 4 is 16.2 Å². The predicted molar refractivity (Wildman–Crippen MR) is 81.3 cm³/mol. The lowest BCUT2D eigenvalue weighted by molar-refractivity contribution is -0.000884. The van der Waals surface area contributed by atoms with Crippen molar-refractivity contribution in [3.8, 4) is 0 Å². The van der Waals surface area contributed by atoms with Crippen molar-refractivity contribution in [2.45, 2.75) is 37.7 Å². The van der Waals surface area contributed by atoms with Crippen LogP contribution in [0.1, 0.15) is 26.3 Å². The zero-order valence-electron chi connectivity index (χ0n) is 12.9. The minimum atomic E-state index is -4.15. The smallest absolute Gasteiger partial charge is 0.410 e. The Bertz CT molecular complexity index is 640. The molecule has 0 saturated carbocycles. The van der Waals surface area contributed by atoms with E-state index in [4.69, 9.17) is 9.29 Å². The summed E-state index contributed by atoms with van der Waals surface area (Å²) in [5.41, 5.74) is 0.481. The number of carbonyl (C=O) groups excluding carboxylic acids is 1. The van der Waals surface area contributed by atoms with Crippen LogP contribution in [0.5, 0.6) is 0 Å². The third kappa shape index (κ3) is 4.45. The second-order valence-corrected chi connectivity index (χ2v) is 8.00. The predicted octanol–water partition coefficient (Wildman–Crippen LogP) is 2.34. The van der Waals surface area contributed by atoms with Crippen LogP contribution in [-0.2, 0) is 21.3 Å². The zero-order valence-corrected chi connectivity index (χ0v) is 13.8. The second-order valence-electron chi connectivity index (χ2n) is 6.57. The highest BCUT2D eigenvalue weighted by Gasteiger charge is 2.33. The van der Waals surface area contributed by atoms with Crippen LogP contribution in [0.2, 0.25) is 0 Å². The highest BCUT2D eigenvalue weighted by molar-refractivity contribution is 7.85. The minimum absolute atomic E-state index is 0.111. The van der Waals surface area contributed by atoms with Crippen molar-refractivity contribution < 1.29 is 22.5 Å². The molecule has 1 aliphatic rings. The molecule has 1 amide bonds. The van der Waals surface area contributed by atoms with Crippen LogP contribution in [0, 0.1) is 5.92 Å². The average Bonchev–Trinajstić information content (AvgIpc) is 2.30. The number of likely N-dealkylation sites (tertiary alicyclic amines) is 1. The van der Waals surface area contributed by atoms with E-state index in [1.165, 1.54) is 12.1 Å². The lowest BCUT2D eigenvalue weighted by Gasteiger charge is -2.39. The number of nitrogens with zero attached hydrogens (tertiary/aromatic N) is 1. The summed E-state index contributed by atoms with van der Waals surface area (Å²) in [6.07, 6.45) is 0.455. The van der Waals surface area contributed by atoms with Crippen LogP contribution in [0.15, 0.2) is 29.2 Å². The van der Waals surface area contributed by atoms with Gasteiger partial charge in [-0.05, 0) is 50.8 Å². The quantitative estimate of drug-likeness (QED) is 0.862. The van der Waals surface area contributed by atoms with E-state index in [0.717, 1.165) is 12.0 Å². The molecule has 6 nitrogen and oxygen atoms in total. The van der Waals surface area contributed by atoms with Gasteiger partial charge in [-0.2, -0.15) is 8.42 Å². The zero-order chi connectivity index (χ0) is 16.5. The maximum Gasteiger partial charge on any atom is 0.410 e. The van der Waals surface area contributed by atoms with Crippen molar-refractivity contribution in [2.24, 2.45) is 5.92 Å². The largest absolute Gasteiger partial charge is 0.444 e. The second kappa shape index (κ2) is 5.89. The summed E-state index contributed by atoms with van der Waals surface area (Å²) in [5, 5.41) is 0. The molecule has 0 unspecified atom stereocenters. The van der Waals surface area contributed by atoms with Crippen molar-refractivity contribution in [1.29, 1.82) is 0 Å². The molecule has 0 aliphatic carbocycles. The molecule has 1 fully saturated rings. The summed E-state index contributed by atoms with van der Waals surface area (Å²) in [5.74, 6) is 0.337. The molecule has 122 valence electrons. The van der Waals surface area contributed by atoms with Crippen LogP contribution in [0.4, 0.5) is 4.79 Å². The molecule has 1 N–H and O–H groups in total. The van der Waals surface area contributed by atoms with Gasteiger partial charge in [-0.1, -0.05) is 12.1 Å². The molecule has 1 aromatic rings. The van der Waals surface area contributed by atoms with Crippen LogP contribution >= 0.6 is 0 Å². The summed E-state index contributed by atoms with van der Waals surface area (Å²) in [6, 6.07) is 6.13. The van der Waals surface area contributed by atoms with Gasteiger partial charge in [0.15, 0.2) is 0 Å². The van der Waals surface area contributed by atoms with E-state index in [-0.39, 0.29) is 11.0 Å². The van der Waals surface area contributed by atoms with Gasteiger partial charge in [0.05, 0.1) is 4.90 Å². The molecule has 2 rings (SSSR count). The molecule has 0 aromatic heterocycles. The Labute approximate surface area is 130 Å². The topological polar surface area (TPSA) is 83.9 Å². The van der Waals surface area contributed by atoms with Gasteiger partial charge < -0.3 is 9.64 Å². The van der Waals surface area contributed by atoms with Gasteiger partial charge in [-0.25, -0.2) is 4.79 Å². The molecule has 0 bridgehead atoms. The Morgan fingerprint density at radius 1 is 1.27 bits per heavy atom. The van der Waals surface area contributed by atoms with Crippen molar-refractivity contribution in [3.63, 3.8) is 0 Å². The number of hydrogen-bond donors (Lipinski definition) is 1. The fourth-order valence-corrected chi connectivity index (χ4v) is 2.79. The Hall–Kier alpha value is -1.60. The van der Waals surface area contributed by atoms with Crippen LogP contribution in [0.25, 0.3) is 0 Å². The Morgan fingerprint density at radius 3 is 2.27 bits per heavy atom. The lowest BCUT2D eigenvalue weighted by atomic mass is 9.93. The lowest BCUT2D eigenvalue weighted by Crippen LogP contribution is -2.52. The molecular formula is C15H21NO5S. The van der Waals surface area contributed by atoms with E-state index in [2.05, 4.69) is 0 Å². The number of rotatable bonds is 3. The van der Waals surface area contributed by atoms with Gasteiger partial charge in [0.2, 0.25) is 0 Å².